The largest absolute Gasteiger partial charge is 0.481 e. The summed E-state index contributed by atoms with van der Waals surface area (Å²) in [6.07, 6.45) is 5.63. The van der Waals surface area contributed by atoms with Crippen molar-refractivity contribution in [3.05, 3.63) is 0 Å². The van der Waals surface area contributed by atoms with Crippen LogP contribution < -0.4 is 5.32 Å². The van der Waals surface area contributed by atoms with Gasteiger partial charge in [0.15, 0.2) is 0 Å². The number of carbonyl (C=O) groups is 2. The van der Waals surface area contributed by atoms with Crippen molar-refractivity contribution < 1.29 is 19.4 Å². The summed E-state index contributed by atoms with van der Waals surface area (Å²) in [6, 6.07) is 0.199. The fourth-order valence-electron chi connectivity index (χ4n) is 4.13. The van der Waals surface area contributed by atoms with E-state index in [-0.39, 0.29) is 24.2 Å². The van der Waals surface area contributed by atoms with Gasteiger partial charge >= 0.3 is 5.97 Å². The number of hydrogen-bond acceptors (Lipinski definition) is 3. The first-order valence-electron chi connectivity index (χ1n) is 7.76. The number of rotatable bonds is 3. The number of nitrogens with one attached hydrogen (secondary N) is 1. The molecule has 0 radical (unpaired) electrons. The second kappa shape index (κ2) is 5.35. The standard InChI is InChI=1S/C15H23NO4/c1-8-4-2-3-5-9(8)16-14(17)12-10-6-7-11(20-10)13(12)15(18)19/h8-13H,2-7H2,1H3,(H,16,17)(H,18,19)/t8-,9-,10+,11-,12-,13+/m1/s1. The van der Waals surface area contributed by atoms with Crippen molar-refractivity contribution in [2.24, 2.45) is 17.8 Å². The third kappa shape index (κ3) is 2.32. The molecule has 0 aromatic heterocycles. The first-order chi connectivity index (χ1) is 9.58. The van der Waals surface area contributed by atoms with Crippen molar-refractivity contribution in [2.45, 2.75) is 63.7 Å². The highest BCUT2D eigenvalue weighted by Crippen LogP contribution is 2.43. The second-order valence-corrected chi connectivity index (χ2v) is 6.56. The summed E-state index contributed by atoms with van der Waals surface area (Å²) in [5.74, 6) is -1.68. The molecule has 112 valence electrons. The summed E-state index contributed by atoms with van der Waals surface area (Å²) in [7, 11) is 0. The monoisotopic (exact) mass is 281 g/mol. The zero-order chi connectivity index (χ0) is 14.3. The lowest BCUT2D eigenvalue weighted by atomic mass is 9.78. The fourth-order valence-corrected chi connectivity index (χ4v) is 4.13. The molecule has 5 heteroatoms. The first kappa shape index (κ1) is 13.9. The van der Waals surface area contributed by atoms with Crippen molar-refractivity contribution in [1.82, 2.24) is 5.32 Å². The number of carbonyl (C=O) groups excluding carboxylic acids is 1. The van der Waals surface area contributed by atoms with E-state index >= 15 is 0 Å². The molecule has 1 aliphatic carbocycles. The van der Waals surface area contributed by atoms with E-state index in [2.05, 4.69) is 12.2 Å². The maximum absolute atomic E-state index is 12.5. The molecule has 3 fully saturated rings. The van der Waals surface area contributed by atoms with E-state index in [1.165, 1.54) is 6.42 Å². The van der Waals surface area contributed by atoms with Gasteiger partial charge in [-0.3, -0.25) is 9.59 Å². The van der Waals surface area contributed by atoms with Crippen LogP contribution in [0, 0.1) is 17.8 Å². The van der Waals surface area contributed by atoms with Crippen LogP contribution >= 0.6 is 0 Å². The predicted octanol–water partition coefficient (Wildman–Crippen LogP) is 1.56. The van der Waals surface area contributed by atoms with Crippen LogP contribution in [0.1, 0.15) is 45.4 Å². The van der Waals surface area contributed by atoms with Gasteiger partial charge in [-0.25, -0.2) is 0 Å². The average Bonchev–Trinajstić information content (AvgIpc) is 3.01. The molecule has 2 bridgehead atoms. The highest BCUT2D eigenvalue weighted by atomic mass is 16.5. The molecule has 2 aliphatic heterocycles. The van der Waals surface area contributed by atoms with Crippen molar-refractivity contribution in [2.75, 3.05) is 0 Å². The van der Waals surface area contributed by atoms with Crippen LogP contribution in [0.15, 0.2) is 0 Å². The van der Waals surface area contributed by atoms with Crippen LogP contribution in [0.3, 0.4) is 0 Å². The summed E-state index contributed by atoms with van der Waals surface area (Å²) < 4.78 is 5.65. The molecule has 0 aromatic rings. The minimum absolute atomic E-state index is 0.108. The maximum atomic E-state index is 12.5. The zero-order valence-corrected chi connectivity index (χ0v) is 11.9. The van der Waals surface area contributed by atoms with Gasteiger partial charge in [0.05, 0.1) is 24.0 Å². The molecule has 20 heavy (non-hydrogen) atoms. The van der Waals surface area contributed by atoms with Gasteiger partial charge in [0.2, 0.25) is 5.91 Å². The molecule has 2 saturated heterocycles. The van der Waals surface area contributed by atoms with Crippen LogP contribution in [0.4, 0.5) is 0 Å². The van der Waals surface area contributed by atoms with E-state index in [0.717, 1.165) is 32.1 Å². The molecule has 0 unspecified atom stereocenters. The van der Waals surface area contributed by atoms with Gasteiger partial charge in [0.25, 0.3) is 0 Å². The zero-order valence-electron chi connectivity index (χ0n) is 11.9. The Balaban J connectivity index is 1.68. The number of aliphatic carboxylic acids is 1. The quantitative estimate of drug-likeness (QED) is 0.823. The predicted molar refractivity (Wildman–Crippen MR) is 72.1 cm³/mol. The Morgan fingerprint density at radius 3 is 2.35 bits per heavy atom. The number of ether oxygens (including phenoxy) is 1. The molecule has 1 amide bonds. The average molecular weight is 281 g/mol. The first-order valence-corrected chi connectivity index (χ1v) is 7.76. The number of fused-ring (bicyclic) bond motifs is 2. The highest BCUT2D eigenvalue weighted by molar-refractivity contribution is 5.86. The lowest BCUT2D eigenvalue weighted by molar-refractivity contribution is -0.148. The van der Waals surface area contributed by atoms with Crippen molar-refractivity contribution in [1.29, 1.82) is 0 Å². The van der Waals surface area contributed by atoms with E-state index in [1.54, 1.807) is 0 Å². The molecular weight excluding hydrogens is 258 g/mol. The topological polar surface area (TPSA) is 75.6 Å². The van der Waals surface area contributed by atoms with Crippen LogP contribution in [0.5, 0.6) is 0 Å². The van der Waals surface area contributed by atoms with Gasteiger partial charge in [-0.1, -0.05) is 19.8 Å². The summed E-state index contributed by atoms with van der Waals surface area (Å²) in [5, 5.41) is 12.5. The number of amides is 1. The molecular formula is C15H23NO4. The third-order valence-corrected chi connectivity index (χ3v) is 5.30. The number of hydrogen-bond donors (Lipinski definition) is 2. The van der Waals surface area contributed by atoms with Crippen molar-refractivity contribution in [3.63, 3.8) is 0 Å². The minimum atomic E-state index is -0.894. The van der Waals surface area contributed by atoms with E-state index < -0.39 is 17.8 Å². The van der Waals surface area contributed by atoms with Crippen LogP contribution in [0.25, 0.3) is 0 Å². The normalized spacial score (nSPS) is 43.5. The van der Waals surface area contributed by atoms with Gasteiger partial charge in [-0.05, 0) is 31.6 Å². The van der Waals surface area contributed by atoms with Crippen LogP contribution in [-0.4, -0.2) is 35.2 Å². The van der Waals surface area contributed by atoms with Gasteiger partial charge in [-0.15, -0.1) is 0 Å². The van der Waals surface area contributed by atoms with Crippen LogP contribution in [0.2, 0.25) is 0 Å². The smallest absolute Gasteiger partial charge is 0.310 e. The van der Waals surface area contributed by atoms with Gasteiger partial charge in [-0.2, -0.15) is 0 Å². The van der Waals surface area contributed by atoms with E-state index in [4.69, 9.17) is 4.74 Å². The summed E-state index contributed by atoms with van der Waals surface area (Å²) in [5.41, 5.74) is 0. The number of carboxylic acids is 1. The molecule has 0 aromatic carbocycles. The summed E-state index contributed by atoms with van der Waals surface area (Å²) >= 11 is 0. The van der Waals surface area contributed by atoms with Gasteiger partial charge in [0, 0.05) is 6.04 Å². The maximum Gasteiger partial charge on any atom is 0.310 e. The molecule has 2 N–H and O–H groups in total. The molecule has 3 rings (SSSR count). The molecule has 1 saturated carbocycles. The fraction of sp³-hybridized carbons (Fsp3) is 0.867. The Bertz CT molecular complexity index is 411. The molecule has 5 nitrogen and oxygen atoms in total. The van der Waals surface area contributed by atoms with Gasteiger partial charge < -0.3 is 15.2 Å². The molecule has 2 heterocycles. The number of carboxylic acid groups (broad SMARTS) is 1. The molecule has 6 atom stereocenters. The van der Waals surface area contributed by atoms with Crippen molar-refractivity contribution in [3.8, 4) is 0 Å². The second-order valence-electron chi connectivity index (χ2n) is 6.56. The minimum Gasteiger partial charge on any atom is -0.481 e. The molecule has 0 spiro atoms. The SMILES string of the molecule is C[C@@H]1CCCC[C@H]1NC(=O)[C@H]1[C@@H](C(=O)O)[C@H]2CC[C@@H]1O2. The Hall–Kier alpha value is -1.10. The summed E-state index contributed by atoms with van der Waals surface area (Å²) in [6.45, 7) is 2.16. The van der Waals surface area contributed by atoms with E-state index in [9.17, 15) is 14.7 Å². The van der Waals surface area contributed by atoms with Crippen LogP contribution in [-0.2, 0) is 14.3 Å². The van der Waals surface area contributed by atoms with Gasteiger partial charge in [0.1, 0.15) is 0 Å². The Labute approximate surface area is 119 Å². The lowest BCUT2D eigenvalue weighted by Crippen LogP contribution is -2.49. The van der Waals surface area contributed by atoms with Crippen molar-refractivity contribution >= 4 is 11.9 Å². The third-order valence-electron chi connectivity index (χ3n) is 5.30. The highest BCUT2D eigenvalue weighted by Gasteiger charge is 2.55. The van der Waals surface area contributed by atoms with E-state index in [0.29, 0.717) is 5.92 Å². The summed E-state index contributed by atoms with van der Waals surface area (Å²) in [4.78, 5) is 23.9. The Kier molecular flexibility index (Phi) is 3.71. The Morgan fingerprint density at radius 2 is 1.70 bits per heavy atom. The van der Waals surface area contributed by atoms with E-state index in [1.807, 2.05) is 0 Å². The molecule has 3 aliphatic rings. The lowest BCUT2D eigenvalue weighted by Gasteiger charge is -2.32. The Morgan fingerprint density at radius 1 is 1.05 bits per heavy atom.